The Morgan fingerprint density at radius 1 is 0.310 bits per heavy atom. The molecule has 0 fully saturated rings. The van der Waals surface area contributed by atoms with Gasteiger partial charge in [-0.3, -0.25) is 13.3 Å². The number of rotatable bonds is 44. The fraction of sp³-hybridized carbons (Fsp3) is 0.727. The number of aliphatic hydroxyl groups excluding tert-OH is 2. The summed E-state index contributed by atoms with van der Waals surface area (Å²) in [6, 6.07) is 8.37. The van der Waals surface area contributed by atoms with E-state index in [1.807, 2.05) is 14.6 Å². The SMILES string of the molecule is CCC(F)(F)OC(F)(F)OC(F)(F)C(F)(F)OC(F)(F)COS(=O)(=O)c1ccc(C)cc1.CCC(F)(F)OC(F)(F)OC(F)(F)C(F)(F)OC(F)(F)COS(=O)(=O)c1ccc(C)cc1.OCC(F)(F)OC(F)(F)OC(F)(F)C(F)(F)OC(F)(F)CO.[N-]=[N+]=NCC(F)(F)OC(F)(F)OC(F)(F)C(F)(F)OC(F)(F)CN=[N+]=[N-].[N-]=[N+]=[N-].[Na+]. The monoisotopic (exact) mass is 1860 g/mol. The third-order valence-corrected chi connectivity index (χ3v) is 12.3. The Bertz CT molecular complexity index is 3600. The number of benzene rings is 2. The molecular formula is C44H38F40N9NaO20S2. The van der Waals surface area contributed by atoms with Gasteiger partial charge in [0.1, 0.15) is 26.3 Å². The molecule has 0 heterocycles. The van der Waals surface area contributed by atoms with Crippen LogP contribution in [0.1, 0.15) is 37.8 Å². The smallest absolute Gasteiger partial charge is 0.387 e. The summed E-state index contributed by atoms with van der Waals surface area (Å²) >= 11 is 0. The first-order valence-corrected chi connectivity index (χ1v) is 29.6. The maximum atomic E-state index is 13.5. The first kappa shape index (κ1) is 116. The summed E-state index contributed by atoms with van der Waals surface area (Å²) in [6.45, 7) is -10.4. The van der Waals surface area contributed by atoms with Crippen LogP contribution in [0.3, 0.4) is 0 Å². The van der Waals surface area contributed by atoms with Gasteiger partial charge in [-0.25, -0.2) is 56.8 Å². The van der Waals surface area contributed by atoms with Crippen LogP contribution in [-0.4, -0.2) is 189 Å². The molecule has 0 aliphatic heterocycles. The van der Waals surface area contributed by atoms with Gasteiger partial charge in [-0.05, 0) is 49.2 Å². The Hall–Kier alpha value is -6.17. The van der Waals surface area contributed by atoms with Crippen LogP contribution in [0.5, 0.6) is 0 Å². The van der Waals surface area contributed by atoms with Crippen molar-refractivity contribution < 1.29 is 297 Å². The number of nitrogens with zero attached hydrogens (tertiary/aromatic N) is 9. The molecule has 2 aromatic carbocycles. The molecule has 29 nitrogen and oxygen atoms in total. The zero-order chi connectivity index (χ0) is 92.1. The molecule has 0 bridgehead atoms. The molecule has 672 valence electrons. The Morgan fingerprint density at radius 3 is 0.707 bits per heavy atom. The molecule has 2 rings (SSSR count). The summed E-state index contributed by atoms with van der Waals surface area (Å²) in [5.74, 6) is 0. The van der Waals surface area contributed by atoms with Gasteiger partial charge >= 0.3 is 152 Å². The molecule has 116 heavy (non-hydrogen) atoms. The molecule has 72 heteroatoms. The molecule has 0 unspecified atom stereocenters. The first-order valence-electron chi connectivity index (χ1n) is 26.8. The largest absolute Gasteiger partial charge is 1.00 e. The molecule has 0 saturated heterocycles. The van der Waals surface area contributed by atoms with Crippen LogP contribution in [-0.2, 0) is 85.4 Å². The number of hydrogen-bond donors (Lipinski definition) is 2. The van der Waals surface area contributed by atoms with Crippen molar-refractivity contribution in [2.24, 2.45) is 10.2 Å². The van der Waals surface area contributed by atoms with Crippen molar-refractivity contribution in [2.75, 3.05) is 39.5 Å². The number of hydrogen-bond acceptors (Lipinski definition) is 22. The number of halogens is 40. The minimum Gasteiger partial charge on any atom is -0.387 e. The van der Waals surface area contributed by atoms with Crippen molar-refractivity contribution >= 4 is 20.2 Å². The molecule has 0 saturated carbocycles. The van der Waals surface area contributed by atoms with Crippen LogP contribution in [0.4, 0.5) is 176 Å². The minimum atomic E-state index is -6.65. The van der Waals surface area contributed by atoms with Crippen molar-refractivity contribution in [1.82, 2.24) is 0 Å². The fourth-order valence-corrected chi connectivity index (χ4v) is 6.80. The second-order valence-corrected chi connectivity index (χ2v) is 22.5. The van der Waals surface area contributed by atoms with Crippen molar-refractivity contribution in [3.05, 3.63) is 96.5 Å². The molecule has 0 spiro atoms. The maximum Gasteiger partial charge on any atom is 1.00 e. The van der Waals surface area contributed by atoms with E-state index in [0.29, 0.717) is 25.0 Å². The van der Waals surface area contributed by atoms with Gasteiger partial charge in [-0.1, -0.05) is 59.5 Å². The normalized spacial score (nSPS) is 14.1. The summed E-state index contributed by atoms with van der Waals surface area (Å²) in [7, 11) is -10.0. The van der Waals surface area contributed by atoms with Gasteiger partial charge in [0.05, 0.1) is 9.79 Å². The number of alkyl halides is 40. The van der Waals surface area contributed by atoms with Crippen LogP contribution in [0.2, 0.25) is 0 Å². The summed E-state index contributed by atoms with van der Waals surface area (Å²) in [5, 5.41) is 19.8. The average Bonchev–Trinajstić information content (AvgIpc) is 0.793. The summed E-state index contributed by atoms with van der Waals surface area (Å²) in [6.07, 6.45) is -122. The van der Waals surface area contributed by atoms with Gasteiger partial charge in [0.2, 0.25) is 0 Å². The van der Waals surface area contributed by atoms with Gasteiger partial charge in [0.25, 0.3) is 20.2 Å². The van der Waals surface area contributed by atoms with E-state index in [9.17, 15) is 192 Å². The Labute approximate surface area is 635 Å². The predicted octanol–water partition coefficient (Wildman–Crippen LogP) is 14.6. The Balaban J connectivity index is -0.000000717. The van der Waals surface area contributed by atoms with Crippen molar-refractivity contribution in [3.8, 4) is 0 Å². The van der Waals surface area contributed by atoms with Crippen molar-refractivity contribution in [1.29, 1.82) is 0 Å². The van der Waals surface area contributed by atoms with E-state index >= 15 is 0 Å². The van der Waals surface area contributed by atoms with E-state index in [0.717, 1.165) is 24.3 Å². The van der Waals surface area contributed by atoms with Crippen molar-refractivity contribution in [3.63, 3.8) is 0 Å². The van der Waals surface area contributed by atoms with Crippen LogP contribution in [0.25, 0.3) is 36.9 Å². The number of ether oxygens (including phenoxy) is 12. The predicted molar refractivity (Wildman–Crippen MR) is 273 cm³/mol. The van der Waals surface area contributed by atoms with Gasteiger partial charge < -0.3 is 21.3 Å². The van der Waals surface area contributed by atoms with Crippen LogP contribution in [0, 0.1) is 13.8 Å². The zero-order valence-electron chi connectivity index (χ0n) is 55.5. The third kappa shape index (κ3) is 42.7. The molecular weight excluding hydrogens is 1820 g/mol. The van der Waals surface area contributed by atoms with Gasteiger partial charge in [-0.15, -0.1) is 35.1 Å². The first-order chi connectivity index (χ1) is 50.7. The molecule has 0 radical (unpaired) electrons. The van der Waals surface area contributed by atoms with E-state index < -0.39 is 205 Å². The van der Waals surface area contributed by atoms with Crippen LogP contribution < -0.4 is 29.6 Å². The minimum absolute atomic E-state index is 0. The third-order valence-electron chi connectivity index (χ3n) is 9.74. The van der Waals surface area contributed by atoms with E-state index in [1.165, 1.54) is 43.0 Å². The Morgan fingerprint density at radius 2 is 0.491 bits per heavy atom. The van der Waals surface area contributed by atoms with Crippen LogP contribution in [0.15, 0.2) is 68.6 Å². The topological polar surface area (TPSA) is 394 Å². The molecule has 0 aromatic heterocycles. The van der Waals surface area contributed by atoms with E-state index in [4.69, 9.17) is 32.3 Å². The molecule has 0 amide bonds. The van der Waals surface area contributed by atoms with E-state index in [-0.39, 0.29) is 29.6 Å². The number of aryl methyl sites for hydroxylation is 2. The molecule has 0 atom stereocenters. The second kappa shape index (κ2) is 42.4. The van der Waals surface area contributed by atoms with Gasteiger partial charge in [0.15, 0.2) is 13.2 Å². The molecule has 2 aromatic rings. The maximum absolute atomic E-state index is 13.5. The quantitative estimate of drug-likeness (QED) is 0.0118. The fourth-order valence-electron chi connectivity index (χ4n) is 5.00. The van der Waals surface area contributed by atoms with Crippen molar-refractivity contribution in [2.45, 2.75) is 173 Å². The van der Waals surface area contributed by atoms with Gasteiger partial charge in [-0.2, -0.15) is 157 Å². The van der Waals surface area contributed by atoms with Gasteiger partial charge in [0, 0.05) is 22.7 Å². The molecule has 0 aliphatic rings. The summed E-state index contributed by atoms with van der Waals surface area (Å²) in [5.41, 5.74) is 30.0. The van der Waals surface area contributed by atoms with E-state index in [1.54, 1.807) is 9.82 Å². The average molecular weight is 1860 g/mol. The standard InChI is InChI=1S/2C15H14F10O6S.C7H4F10N6O3.C7H6F10O5.N3.Na/c2*1-3-11(16,17)30-15(24,25)31-14(22,23)13(20,21)29-12(18,19)8-28-32(26,27)10-6-4-9(2)5-7-10;8-3(9,1-20-22-18)24-5(12,13)6(14,15)26-7(16,17)25-4(10,11)2-21-23-19;8-3(9,1-18)20-5(12,13)6(14,15)22-7(16,17)21-4(10,11)2-19;1-3-2;/h2*4-7H,3,8H2,1-2H3;1-2H2;18-19H,1-2H2;;/q;;;;-1;+1. The second-order valence-electron chi connectivity index (χ2n) is 19.3. The Kier molecular flexibility index (Phi) is 42.4. The van der Waals surface area contributed by atoms with E-state index in [2.05, 4.69) is 60.8 Å². The zero-order valence-corrected chi connectivity index (χ0v) is 59.1. The summed E-state index contributed by atoms with van der Waals surface area (Å²) < 4.78 is 598. The molecule has 2 N–H and O–H groups in total. The van der Waals surface area contributed by atoms with Crippen LogP contribution >= 0.6 is 0 Å². The summed E-state index contributed by atoms with van der Waals surface area (Å²) in [4.78, 5) is 3.45. The molecule has 0 aliphatic carbocycles. The number of aliphatic hydroxyl groups is 2. The number of azide groups is 2.